The highest BCUT2D eigenvalue weighted by molar-refractivity contribution is 9.10. The molecular weight excluding hydrogens is 314 g/mol. The summed E-state index contributed by atoms with van der Waals surface area (Å²) >= 11 is 3.23. The number of hydrogen-bond acceptors (Lipinski definition) is 3. The van der Waals surface area contributed by atoms with Crippen LogP contribution in [0.2, 0.25) is 0 Å². The molecule has 1 aromatic rings. The lowest BCUT2D eigenvalue weighted by Gasteiger charge is -2.19. The maximum Gasteiger partial charge on any atom is 0.337 e. The van der Waals surface area contributed by atoms with Crippen LogP contribution in [0.5, 0.6) is 0 Å². The third kappa shape index (κ3) is 5.40. The van der Waals surface area contributed by atoms with Crippen LogP contribution in [0.15, 0.2) is 22.7 Å². The van der Waals surface area contributed by atoms with Crippen LogP contribution in [0.3, 0.4) is 0 Å². The first-order valence-corrected chi connectivity index (χ1v) is 6.45. The summed E-state index contributed by atoms with van der Waals surface area (Å²) in [5.74, 6) is -1.49. The first kappa shape index (κ1) is 15.7. The van der Waals surface area contributed by atoms with E-state index < -0.39 is 17.5 Å². The van der Waals surface area contributed by atoms with E-state index in [-0.39, 0.29) is 17.9 Å². The van der Waals surface area contributed by atoms with E-state index in [1.54, 1.807) is 12.1 Å². The monoisotopic (exact) mass is 329 g/mol. The normalized spacial score (nSPS) is 11.2. The van der Waals surface area contributed by atoms with Crippen LogP contribution >= 0.6 is 15.9 Å². The molecular formula is C13H16BrNO4. The van der Waals surface area contributed by atoms with Gasteiger partial charge in [0, 0.05) is 4.47 Å². The van der Waals surface area contributed by atoms with Gasteiger partial charge in [0.2, 0.25) is 5.91 Å². The van der Waals surface area contributed by atoms with Crippen molar-refractivity contribution < 1.29 is 19.4 Å². The third-order valence-corrected chi connectivity index (χ3v) is 2.62. The third-order valence-electron chi connectivity index (χ3n) is 2.12. The summed E-state index contributed by atoms with van der Waals surface area (Å²) in [6.07, 6.45) is 0. The van der Waals surface area contributed by atoms with Gasteiger partial charge in [-0.05, 0) is 39.0 Å². The van der Waals surface area contributed by atoms with Crippen molar-refractivity contribution in [3.05, 3.63) is 28.2 Å². The number of hydrogen-bond donors (Lipinski definition) is 2. The highest BCUT2D eigenvalue weighted by atomic mass is 79.9. The summed E-state index contributed by atoms with van der Waals surface area (Å²) in [6.45, 7) is 5.38. The summed E-state index contributed by atoms with van der Waals surface area (Å²) in [5.41, 5.74) is -0.152. The smallest absolute Gasteiger partial charge is 0.337 e. The molecule has 0 aromatic heterocycles. The molecule has 0 atom stereocenters. The number of halogens is 1. The van der Waals surface area contributed by atoms with Crippen LogP contribution in [0.4, 0.5) is 5.69 Å². The number of amides is 1. The molecule has 0 aliphatic carbocycles. The summed E-state index contributed by atoms with van der Waals surface area (Å²) < 4.78 is 6.01. The molecule has 0 spiro atoms. The second-order valence-electron chi connectivity index (χ2n) is 4.94. The van der Waals surface area contributed by atoms with E-state index in [4.69, 9.17) is 9.84 Å². The lowest BCUT2D eigenvalue weighted by Crippen LogP contribution is -2.27. The highest BCUT2D eigenvalue weighted by Gasteiger charge is 2.16. The van der Waals surface area contributed by atoms with Crippen molar-refractivity contribution in [2.45, 2.75) is 26.4 Å². The lowest BCUT2D eigenvalue weighted by atomic mass is 10.2. The second kappa shape index (κ2) is 6.16. The van der Waals surface area contributed by atoms with E-state index in [2.05, 4.69) is 21.2 Å². The number of carbonyl (C=O) groups is 2. The molecule has 0 unspecified atom stereocenters. The van der Waals surface area contributed by atoms with E-state index in [0.29, 0.717) is 4.47 Å². The zero-order valence-electron chi connectivity index (χ0n) is 11.0. The number of carboxylic acid groups (broad SMARTS) is 1. The Kier molecular flexibility index (Phi) is 5.08. The number of anilines is 1. The minimum atomic E-state index is -1.10. The topological polar surface area (TPSA) is 75.6 Å². The SMILES string of the molecule is CC(C)(C)OCC(=O)Nc1cc(Br)ccc1C(=O)O. The first-order chi connectivity index (χ1) is 8.69. The van der Waals surface area contributed by atoms with E-state index in [0.717, 1.165) is 0 Å². The zero-order valence-corrected chi connectivity index (χ0v) is 12.6. The van der Waals surface area contributed by atoms with Gasteiger partial charge in [0.05, 0.1) is 16.9 Å². The van der Waals surface area contributed by atoms with E-state index in [1.165, 1.54) is 6.07 Å². The van der Waals surface area contributed by atoms with Crippen molar-refractivity contribution in [2.75, 3.05) is 11.9 Å². The quantitative estimate of drug-likeness (QED) is 0.890. The highest BCUT2D eigenvalue weighted by Crippen LogP contribution is 2.21. The number of rotatable bonds is 4. The predicted molar refractivity (Wildman–Crippen MR) is 75.4 cm³/mol. The molecule has 0 heterocycles. The van der Waals surface area contributed by atoms with Crippen molar-refractivity contribution in [2.24, 2.45) is 0 Å². The number of carbonyl (C=O) groups excluding carboxylic acids is 1. The van der Waals surface area contributed by atoms with Crippen LogP contribution in [-0.2, 0) is 9.53 Å². The fourth-order valence-electron chi connectivity index (χ4n) is 1.27. The zero-order chi connectivity index (χ0) is 14.6. The van der Waals surface area contributed by atoms with Crippen molar-refractivity contribution in [1.82, 2.24) is 0 Å². The maximum absolute atomic E-state index is 11.7. The number of carboxylic acids is 1. The van der Waals surface area contributed by atoms with Gasteiger partial charge < -0.3 is 15.2 Å². The van der Waals surface area contributed by atoms with Crippen molar-refractivity contribution in [1.29, 1.82) is 0 Å². The van der Waals surface area contributed by atoms with Gasteiger partial charge in [-0.3, -0.25) is 4.79 Å². The van der Waals surface area contributed by atoms with Crippen molar-refractivity contribution in [3.8, 4) is 0 Å². The van der Waals surface area contributed by atoms with Crippen LogP contribution in [0, 0.1) is 0 Å². The summed E-state index contributed by atoms with van der Waals surface area (Å²) in [6, 6.07) is 4.57. The van der Waals surface area contributed by atoms with Crippen molar-refractivity contribution in [3.63, 3.8) is 0 Å². The first-order valence-electron chi connectivity index (χ1n) is 5.66. The predicted octanol–water partition coefficient (Wildman–Crippen LogP) is 2.90. The minimum Gasteiger partial charge on any atom is -0.478 e. The van der Waals surface area contributed by atoms with Gasteiger partial charge in [0.15, 0.2) is 0 Å². The van der Waals surface area contributed by atoms with Gasteiger partial charge in [-0.25, -0.2) is 4.79 Å². The van der Waals surface area contributed by atoms with E-state index in [9.17, 15) is 9.59 Å². The molecule has 1 amide bonds. The van der Waals surface area contributed by atoms with E-state index >= 15 is 0 Å². The van der Waals surface area contributed by atoms with Crippen LogP contribution < -0.4 is 5.32 Å². The molecule has 0 saturated carbocycles. The molecule has 104 valence electrons. The van der Waals surface area contributed by atoms with Gasteiger partial charge in [0.25, 0.3) is 0 Å². The Bertz CT molecular complexity index is 494. The summed E-state index contributed by atoms with van der Waals surface area (Å²) in [4.78, 5) is 22.7. The van der Waals surface area contributed by atoms with Crippen LogP contribution in [-0.4, -0.2) is 29.2 Å². The van der Waals surface area contributed by atoms with Gasteiger partial charge in [-0.1, -0.05) is 15.9 Å². The number of benzene rings is 1. The van der Waals surface area contributed by atoms with Gasteiger partial charge in [0.1, 0.15) is 6.61 Å². The van der Waals surface area contributed by atoms with Gasteiger partial charge in [-0.2, -0.15) is 0 Å². The average Bonchev–Trinajstić information content (AvgIpc) is 2.25. The van der Waals surface area contributed by atoms with Crippen LogP contribution in [0.25, 0.3) is 0 Å². The van der Waals surface area contributed by atoms with Crippen LogP contribution in [0.1, 0.15) is 31.1 Å². The molecule has 19 heavy (non-hydrogen) atoms. The Morgan fingerprint density at radius 3 is 2.53 bits per heavy atom. The molecule has 0 saturated heterocycles. The van der Waals surface area contributed by atoms with Gasteiger partial charge >= 0.3 is 5.97 Å². The maximum atomic E-state index is 11.7. The second-order valence-corrected chi connectivity index (χ2v) is 5.86. The molecule has 1 aromatic carbocycles. The molecule has 2 N–H and O–H groups in total. The molecule has 0 aliphatic rings. The number of aromatic carboxylic acids is 1. The fraction of sp³-hybridized carbons (Fsp3) is 0.385. The summed E-state index contributed by atoms with van der Waals surface area (Å²) in [5, 5.41) is 11.6. The number of ether oxygens (including phenoxy) is 1. The minimum absolute atomic E-state index is 0.0345. The Labute approximate surface area is 120 Å². The Balaban J connectivity index is 2.78. The Hall–Kier alpha value is -1.40. The van der Waals surface area contributed by atoms with E-state index in [1.807, 2.05) is 20.8 Å². The molecule has 0 radical (unpaired) electrons. The van der Waals surface area contributed by atoms with Gasteiger partial charge in [-0.15, -0.1) is 0 Å². The molecule has 0 aliphatic heterocycles. The van der Waals surface area contributed by atoms with Crippen molar-refractivity contribution >= 4 is 33.5 Å². The molecule has 5 nitrogen and oxygen atoms in total. The molecule has 1 rings (SSSR count). The average molecular weight is 330 g/mol. The fourth-order valence-corrected chi connectivity index (χ4v) is 1.64. The largest absolute Gasteiger partial charge is 0.478 e. The summed E-state index contributed by atoms with van der Waals surface area (Å²) in [7, 11) is 0. The Morgan fingerprint density at radius 1 is 1.37 bits per heavy atom. The standard InChI is InChI=1S/C13H16BrNO4/c1-13(2,3)19-7-11(16)15-10-6-8(14)4-5-9(10)12(17)18/h4-6H,7H2,1-3H3,(H,15,16)(H,17,18). The lowest BCUT2D eigenvalue weighted by molar-refractivity contribution is -0.125. The molecule has 6 heteroatoms. The molecule has 0 bridgehead atoms. The molecule has 0 fully saturated rings. The Morgan fingerprint density at radius 2 is 2.00 bits per heavy atom. The number of nitrogens with one attached hydrogen (secondary N) is 1.